The Morgan fingerprint density at radius 2 is 1.36 bits per heavy atom. The third kappa shape index (κ3) is 15.5. The van der Waals surface area contributed by atoms with Gasteiger partial charge in [-0.25, -0.2) is 14.5 Å². The number of Topliss-reactive ketones (excluding diaryl/α,β-unsaturated/α-hetero) is 1. The van der Waals surface area contributed by atoms with Gasteiger partial charge in [-0.05, 0) is 68.8 Å². The van der Waals surface area contributed by atoms with Crippen molar-refractivity contribution in [1.82, 2.24) is 38.7 Å². The molecule has 3 heterocycles. The number of nitrogens with zero attached hydrogens (tertiary/aromatic N) is 9. The number of ether oxygens (including phenoxy) is 2. The third-order valence-electron chi connectivity index (χ3n) is 11.2. The van der Waals surface area contributed by atoms with Gasteiger partial charge in [-0.2, -0.15) is 0 Å². The summed E-state index contributed by atoms with van der Waals surface area (Å²) in [5.74, 6) is -0.145. The maximum Gasteiger partial charge on any atom is 0.288 e. The van der Waals surface area contributed by atoms with E-state index >= 15 is 0 Å². The number of aryl methyl sites for hydroxylation is 2. The zero-order valence-corrected chi connectivity index (χ0v) is 37.5. The first-order valence-corrected chi connectivity index (χ1v) is 22.3. The van der Waals surface area contributed by atoms with Gasteiger partial charge in [0.1, 0.15) is 13.3 Å². The van der Waals surface area contributed by atoms with E-state index in [1.807, 2.05) is 83.9 Å². The van der Waals surface area contributed by atoms with Crippen molar-refractivity contribution in [3.05, 3.63) is 97.1 Å². The van der Waals surface area contributed by atoms with Crippen LogP contribution in [0.25, 0.3) is 0 Å². The molecule has 2 aromatic heterocycles. The molecule has 0 saturated heterocycles. The molecule has 2 N–H and O–H groups in total. The maximum absolute atomic E-state index is 14.5. The average molecular weight is 882 g/mol. The fourth-order valence-electron chi connectivity index (χ4n) is 7.48. The number of carbonyl (C=O) groups is 5. The van der Waals surface area contributed by atoms with Crippen LogP contribution in [-0.4, -0.2) is 152 Å². The van der Waals surface area contributed by atoms with Crippen LogP contribution in [0.15, 0.2) is 86.0 Å². The van der Waals surface area contributed by atoms with E-state index in [0.29, 0.717) is 82.6 Å². The normalized spacial score (nSPS) is 12.1. The lowest BCUT2D eigenvalue weighted by molar-refractivity contribution is -0.508. The minimum absolute atomic E-state index is 0.0273. The molecule has 5 rings (SSSR count). The van der Waals surface area contributed by atoms with Crippen molar-refractivity contribution in [2.75, 3.05) is 72.2 Å². The van der Waals surface area contributed by atoms with Crippen LogP contribution in [0.1, 0.15) is 69.5 Å². The number of ketones is 1. The van der Waals surface area contributed by atoms with Gasteiger partial charge in [0.15, 0.2) is 17.3 Å². The number of fused-ring (bicyclic) bond motifs is 1. The molecule has 1 aliphatic rings. The van der Waals surface area contributed by atoms with Crippen molar-refractivity contribution in [1.29, 1.82) is 0 Å². The Morgan fingerprint density at radius 3 is 1.95 bits per heavy atom. The molecular formula is C47H65N10O7+. The summed E-state index contributed by atoms with van der Waals surface area (Å²) < 4.78 is 16.4. The molecule has 1 aliphatic heterocycles. The molecule has 17 heteroatoms. The minimum Gasteiger partial charge on any atom is -0.454 e. The standard InChI is InChI=1S/C47H65N10O7/c1-4-12-41(58)30-57(38(2)40-13-6-5-7-14-40)47(62)34-56(25-11-22-53-28-20-50-36-53)46(61)32-54(23-9-8-18-48)45(60)33-55(24-10-21-52-27-19-49-35-52)44(59)31-51(3)26-17-39-15-16-42-43(29-39)64-37-63-42/h5-7,13-16,19-20,27-29,35-36,38H,3-4,8-12,17-18,21-26,30-34,37,48H2,1-2H3/q+1. The van der Waals surface area contributed by atoms with Crippen molar-refractivity contribution in [2.24, 2.45) is 5.73 Å². The molecule has 1 unspecified atom stereocenters. The third-order valence-corrected chi connectivity index (χ3v) is 11.2. The van der Waals surface area contributed by atoms with Gasteiger partial charge in [0.2, 0.25) is 31.1 Å². The van der Waals surface area contributed by atoms with Crippen LogP contribution in [0.5, 0.6) is 11.5 Å². The lowest BCUT2D eigenvalue weighted by Crippen LogP contribution is -2.51. The summed E-state index contributed by atoms with van der Waals surface area (Å²) in [6.07, 6.45) is 14.2. The summed E-state index contributed by atoms with van der Waals surface area (Å²) in [7, 11) is 0. The number of carbonyl (C=O) groups excluding carboxylic acids is 5. The quantitative estimate of drug-likeness (QED) is 0.0483. The molecule has 1 atom stereocenters. The summed E-state index contributed by atoms with van der Waals surface area (Å²) in [5, 5.41) is 0. The molecule has 4 amide bonds. The average Bonchev–Trinajstić information content (AvgIpc) is 4.11. The molecule has 0 fully saturated rings. The van der Waals surface area contributed by atoms with Crippen LogP contribution >= 0.6 is 0 Å². The predicted octanol–water partition coefficient (Wildman–Crippen LogP) is 3.43. The van der Waals surface area contributed by atoms with Crippen LogP contribution < -0.4 is 15.2 Å². The number of imidazole rings is 2. The first kappa shape index (κ1) is 48.7. The molecule has 0 spiro atoms. The number of benzene rings is 2. The SMILES string of the molecule is C=[N+](CCc1ccc2c(c1)OCO2)CC(=O)N(CCCn1ccnc1)CC(=O)N(CCCCN)CC(=O)N(CCCn1ccnc1)CC(=O)N(CC(=O)CCC)C(C)c1ccccc1. The van der Waals surface area contributed by atoms with E-state index in [1.165, 1.54) is 14.7 Å². The van der Waals surface area contributed by atoms with Crippen LogP contribution in [-0.2, 0) is 43.5 Å². The Morgan fingerprint density at radius 1 is 0.766 bits per heavy atom. The summed E-state index contributed by atoms with van der Waals surface area (Å²) in [6, 6.07) is 14.8. The largest absolute Gasteiger partial charge is 0.454 e. The lowest BCUT2D eigenvalue weighted by Gasteiger charge is -2.33. The summed E-state index contributed by atoms with van der Waals surface area (Å²) in [6.45, 7) is 9.90. The van der Waals surface area contributed by atoms with Gasteiger partial charge < -0.3 is 43.9 Å². The number of hydrogen-bond acceptors (Lipinski definition) is 10. The molecule has 344 valence electrons. The molecule has 0 saturated carbocycles. The van der Waals surface area contributed by atoms with Crippen molar-refractivity contribution in [3.63, 3.8) is 0 Å². The summed E-state index contributed by atoms with van der Waals surface area (Å²) in [5.41, 5.74) is 7.73. The van der Waals surface area contributed by atoms with Crippen LogP contribution in [0.4, 0.5) is 0 Å². The van der Waals surface area contributed by atoms with E-state index in [4.69, 9.17) is 15.2 Å². The number of unbranched alkanes of at least 4 members (excludes halogenated alkanes) is 1. The van der Waals surface area contributed by atoms with Gasteiger partial charge in [0.25, 0.3) is 5.91 Å². The second kappa shape index (κ2) is 25.7. The maximum atomic E-state index is 14.5. The molecule has 4 aromatic rings. The van der Waals surface area contributed by atoms with Crippen molar-refractivity contribution in [2.45, 2.75) is 77.9 Å². The number of hydrogen-bond donors (Lipinski definition) is 1. The highest BCUT2D eigenvalue weighted by Gasteiger charge is 2.30. The zero-order valence-electron chi connectivity index (χ0n) is 37.5. The van der Waals surface area contributed by atoms with E-state index in [-0.39, 0.29) is 76.7 Å². The fraction of sp³-hybridized carbons (Fsp3) is 0.489. The Bertz CT molecular complexity index is 2100. The molecule has 0 bridgehead atoms. The van der Waals surface area contributed by atoms with Gasteiger partial charge in [-0.15, -0.1) is 0 Å². The minimum atomic E-state index is -0.429. The molecule has 0 radical (unpaired) electrons. The van der Waals surface area contributed by atoms with Gasteiger partial charge in [-0.1, -0.05) is 43.3 Å². The number of amides is 4. The van der Waals surface area contributed by atoms with Gasteiger partial charge in [-0.3, -0.25) is 24.0 Å². The van der Waals surface area contributed by atoms with Crippen LogP contribution in [0.3, 0.4) is 0 Å². The highest BCUT2D eigenvalue weighted by atomic mass is 16.7. The second-order valence-electron chi connectivity index (χ2n) is 16.1. The highest BCUT2D eigenvalue weighted by molar-refractivity contribution is 5.92. The van der Waals surface area contributed by atoms with Crippen LogP contribution in [0.2, 0.25) is 0 Å². The van der Waals surface area contributed by atoms with E-state index < -0.39 is 17.9 Å². The Labute approximate surface area is 376 Å². The van der Waals surface area contributed by atoms with Gasteiger partial charge in [0.05, 0.1) is 44.9 Å². The molecule has 17 nitrogen and oxygen atoms in total. The molecule has 0 aliphatic carbocycles. The van der Waals surface area contributed by atoms with Gasteiger partial charge >= 0.3 is 0 Å². The van der Waals surface area contributed by atoms with E-state index in [0.717, 1.165) is 11.1 Å². The topological polar surface area (TPSA) is 181 Å². The second-order valence-corrected chi connectivity index (χ2v) is 16.1. The first-order valence-electron chi connectivity index (χ1n) is 22.3. The highest BCUT2D eigenvalue weighted by Crippen LogP contribution is 2.32. The molecule has 2 aromatic carbocycles. The first-order chi connectivity index (χ1) is 31.0. The number of rotatable bonds is 29. The number of nitrogens with two attached hydrogens (primary N) is 1. The van der Waals surface area contributed by atoms with Crippen LogP contribution in [0, 0.1) is 0 Å². The van der Waals surface area contributed by atoms with E-state index in [9.17, 15) is 24.0 Å². The Balaban J connectivity index is 1.31. The van der Waals surface area contributed by atoms with E-state index in [2.05, 4.69) is 16.7 Å². The fourth-order valence-corrected chi connectivity index (χ4v) is 7.48. The van der Waals surface area contributed by atoms with Crippen molar-refractivity contribution < 1.29 is 38.0 Å². The molecule has 64 heavy (non-hydrogen) atoms. The zero-order chi connectivity index (χ0) is 45.7. The Hall–Kier alpha value is -6.36. The number of aromatic nitrogens is 4. The predicted molar refractivity (Wildman–Crippen MR) is 242 cm³/mol. The lowest BCUT2D eigenvalue weighted by atomic mass is 10.1. The summed E-state index contributed by atoms with van der Waals surface area (Å²) in [4.78, 5) is 84.4. The van der Waals surface area contributed by atoms with Gasteiger partial charge in [0, 0.05) is 70.4 Å². The van der Waals surface area contributed by atoms with E-state index in [1.54, 1.807) is 34.5 Å². The smallest absolute Gasteiger partial charge is 0.288 e. The van der Waals surface area contributed by atoms with Crippen molar-refractivity contribution >= 4 is 36.1 Å². The van der Waals surface area contributed by atoms with Crippen molar-refractivity contribution in [3.8, 4) is 11.5 Å². The monoisotopic (exact) mass is 882 g/mol. The summed E-state index contributed by atoms with van der Waals surface area (Å²) >= 11 is 0. The molecular weight excluding hydrogens is 817 g/mol. The Kier molecular flexibility index (Phi) is 19.5.